The van der Waals surface area contributed by atoms with Crippen molar-refractivity contribution in [1.29, 1.82) is 10.5 Å². The van der Waals surface area contributed by atoms with Gasteiger partial charge in [0.15, 0.2) is 0 Å². The highest BCUT2D eigenvalue weighted by Crippen LogP contribution is 2.37. The van der Waals surface area contributed by atoms with Crippen LogP contribution in [0.4, 0.5) is 23.8 Å². The Morgan fingerprint density at radius 3 is 2.30 bits per heavy atom. The Bertz CT molecular complexity index is 2160. The van der Waals surface area contributed by atoms with Crippen molar-refractivity contribution in [3.05, 3.63) is 71.9 Å². The molecule has 4 heterocycles. The summed E-state index contributed by atoms with van der Waals surface area (Å²) in [7, 11) is 1.71. The molecule has 14 heteroatoms. The van der Waals surface area contributed by atoms with Gasteiger partial charge in [0, 0.05) is 24.2 Å². The summed E-state index contributed by atoms with van der Waals surface area (Å²) in [5, 5.41) is 21.7. The summed E-state index contributed by atoms with van der Waals surface area (Å²) in [5.41, 5.74) is 0.642. The second-order valence-corrected chi connectivity index (χ2v) is 12.0. The van der Waals surface area contributed by atoms with Gasteiger partial charge in [0.05, 0.1) is 57.4 Å². The lowest BCUT2D eigenvalue weighted by atomic mass is 9.91. The van der Waals surface area contributed by atoms with Crippen LogP contribution in [0.25, 0.3) is 38.8 Å². The van der Waals surface area contributed by atoms with E-state index in [0.717, 1.165) is 6.07 Å². The first-order valence-corrected chi connectivity index (χ1v) is 13.9. The molecule has 1 amide bonds. The minimum absolute atomic E-state index is 0.134. The predicted molar refractivity (Wildman–Crippen MR) is 163 cm³/mol. The highest BCUT2D eigenvalue weighted by molar-refractivity contribution is 6.04. The number of imidazole rings is 1. The van der Waals surface area contributed by atoms with Crippen molar-refractivity contribution < 1.29 is 22.7 Å². The number of amides is 1. The number of hydrogen-bond donors (Lipinski definition) is 1. The quantitative estimate of drug-likeness (QED) is 0.223. The molecule has 1 N–H and O–H groups in total. The molecule has 234 valence electrons. The van der Waals surface area contributed by atoms with Crippen molar-refractivity contribution in [3.63, 3.8) is 0 Å². The maximum Gasteiger partial charge on any atom is 0.419 e. The monoisotopic (exact) mass is 627 g/mol. The molecule has 0 aliphatic carbocycles. The first-order chi connectivity index (χ1) is 21.5. The second-order valence-electron chi connectivity index (χ2n) is 12.0. The van der Waals surface area contributed by atoms with Gasteiger partial charge in [-0.05, 0) is 70.5 Å². The number of carbonyl (C=O) groups excluding carboxylic acids is 1. The third-order valence-corrected chi connectivity index (χ3v) is 7.13. The molecule has 0 aliphatic rings. The number of fused-ring (bicyclic) bond motifs is 3. The Labute approximate surface area is 261 Å². The van der Waals surface area contributed by atoms with Crippen LogP contribution in [0.2, 0.25) is 0 Å². The molecule has 11 nitrogen and oxygen atoms in total. The fourth-order valence-electron chi connectivity index (χ4n) is 4.88. The Balaban J connectivity index is 1.71. The number of aromatic nitrogens is 5. The molecule has 0 aliphatic heterocycles. The molecule has 4 aromatic heterocycles. The smallest absolute Gasteiger partial charge is 0.419 e. The number of pyridine rings is 3. The molecule has 0 spiro atoms. The van der Waals surface area contributed by atoms with Crippen molar-refractivity contribution in [2.24, 2.45) is 12.0 Å². The second kappa shape index (κ2) is 11.3. The Kier molecular flexibility index (Phi) is 7.78. The van der Waals surface area contributed by atoms with Gasteiger partial charge in [-0.1, -0.05) is 6.07 Å². The number of anilines is 1. The molecule has 0 atom stereocenters. The fraction of sp³-hybridized carbons (Fsp3) is 0.281. The number of hydrogen-bond acceptors (Lipinski definition) is 8. The molecule has 0 saturated heterocycles. The minimum atomic E-state index is -4.84. The van der Waals surface area contributed by atoms with E-state index in [9.17, 15) is 28.5 Å². The Morgan fingerprint density at radius 2 is 1.70 bits per heavy atom. The van der Waals surface area contributed by atoms with E-state index >= 15 is 0 Å². The number of alkyl halides is 3. The third-order valence-electron chi connectivity index (χ3n) is 7.13. The van der Waals surface area contributed by atoms with E-state index in [2.05, 4.69) is 31.3 Å². The summed E-state index contributed by atoms with van der Waals surface area (Å²) in [6.07, 6.45) is 0.328. The van der Waals surface area contributed by atoms with E-state index in [4.69, 9.17) is 4.74 Å². The van der Waals surface area contributed by atoms with Crippen molar-refractivity contribution >= 4 is 33.8 Å². The number of ether oxygens (including phenoxy) is 1. The van der Waals surface area contributed by atoms with E-state index in [0.29, 0.717) is 38.9 Å². The van der Waals surface area contributed by atoms with E-state index in [1.165, 1.54) is 6.20 Å². The van der Waals surface area contributed by atoms with Gasteiger partial charge < -0.3 is 9.30 Å². The lowest BCUT2D eigenvalue weighted by Crippen LogP contribution is -2.28. The number of nitriles is 2. The van der Waals surface area contributed by atoms with Crippen molar-refractivity contribution in [2.45, 2.75) is 51.8 Å². The third kappa shape index (κ3) is 5.97. The van der Waals surface area contributed by atoms with Gasteiger partial charge in [0.25, 0.3) is 0 Å². The predicted octanol–water partition coefficient (Wildman–Crippen LogP) is 6.52. The van der Waals surface area contributed by atoms with E-state index in [-0.39, 0.29) is 11.2 Å². The summed E-state index contributed by atoms with van der Waals surface area (Å²) in [6.45, 7) is 8.27. The molecule has 0 unspecified atom stereocenters. The van der Waals surface area contributed by atoms with Crippen LogP contribution < -0.4 is 10.9 Å². The maximum atomic E-state index is 14.2. The lowest BCUT2D eigenvalue weighted by molar-refractivity contribution is -0.137. The van der Waals surface area contributed by atoms with Crippen LogP contribution >= 0.6 is 0 Å². The number of aryl methyl sites for hydroxylation is 1. The zero-order valence-electron chi connectivity index (χ0n) is 25.7. The largest absolute Gasteiger partial charge is 0.444 e. The molecular formula is C32H28F3N9O2. The van der Waals surface area contributed by atoms with Crippen molar-refractivity contribution in [2.75, 3.05) is 5.32 Å². The fourth-order valence-corrected chi connectivity index (χ4v) is 4.88. The topological polar surface area (TPSA) is 147 Å². The molecule has 1 aromatic carbocycles. The number of rotatable bonds is 4. The van der Waals surface area contributed by atoms with Crippen molar-refractivity contribution in [1.82, 2.24) is 24.1 Å². The SMILES string of the molecule is Cn1/c(=N/C#N)n(-c2ccc(C(C)(C)C#N)nc2)c2c3cc(-c4cnc(NC(=O)OC(C)(C)C)c(C(F)(F)F)c4)ccc3ncc21. The van der Waals surface area contributed by atoms with Crippen LogP contribution in [0.15, 0.2) is 60.0 Å². The van der Waals surface area contributed by atoms with Gasteiger partial charge in [-0.25, -0.2) is 9.78 Å². The molecular weight excluding hydrogens is 599 g/mol. The Hall–Kier alpha value is -5.76. The lowest BCUT2D eigenvalue weighted by Gasteiger charge is -2.20. The molecule has 5 rings (SSSR count). The normalized spacial score (nSPS) is 12.6. The van der Waals surface area contributed by atoms with Crippen molar-refractivity contribution in [3.8, 4) is 29.1 Å². The summed E-state index contributed by atoms with van der Waals surface area (Å²) in [5.74, 6) is -0.686. The van der Waals surface area contributed by atoms with Crippen LogP contribution in [0.5, 0.6) is 0 Å². The summed E-state index contributed by atoms with van der Waals surface area (Å²) in [4.78, 5) is 29.2. The first kappa shape index (κ1) is 31.7. The van der Waals surface area contributed by atoms with Gasteiger partial charge in [-0.2, -0.15) is 23.7 Å². The Morgan fingerprint density at radius 1 is 0.957 bits per heavy atom. The molecule has 0 bridgehead atoms. The van der Waals surface area contributed by atoms with Crippen LogP contribution in [0.3, 0.4) is 0 Å². The maximum absolute atomic E-state index is 14.2. The molecule has 0 saturated carbocycles. The molecule has 5 aromatic rings. The van der Waals surface area contributed by atoms with Gasteiger partial charge in [-0.3, -0.25) is 19.9 Å². The summed E-state index contributed by atoms with van der Waals surface area (Å²) >= 11 is 0. The average molecular weight is 628 g/mol. The number of halogens is 3. The number of carbonyl (C=O) groups is 1. The van der Waals surface area contributed by atoms with Crippen LogP contribution in [0, 0.1) is 22.8 Å². The average Bonchev–Trinajstić information content (AvgIpc) is 3.27. The van der Waals surface area contributed by atoms with Crippen LogP contribution in [-0.2, 0) is 23.4 Å². The highest BCUT2D eigenvalue weighted by atomic mass is 19.4. The summed E-state index contributed by atoms with van der Waals surface area (Å²) in [6, 6.07) is 11.6. The highest BCUT2D eigenvalue weighted by Gasteiger charge is 2.36. The van der Waals surface area contributed by atoms with Crippen LogP contribution in [-0.4, -0.2) is 35.8 Å². The number of benzene rings is 1. The van der Waals surface area contributed by atoms with Crippen LogP contribution in [0.1, 0.15) is 45.9 Å². The van der Waals surface area contributed by atoms with E-state index in [1.54, 1.807) is 93.5 Å². The molecule has 0 fully saturated rings. The zero-order chi connectivity index (χ0) is 33.6. The number of nitrogens with one attached hydrogen (secondary N) is 1. The standard InChI is InChI=1S/C32H28F3N9O2/c1-30(2,3)46-29(45)42-27-22(32(33,34)35)12-19(13-40-27)18-7-9-23-21(11-18)26-24(15-38-23)43(6)28(41-17-37)44(26)20-8-10-25(39-14-20)31(4,5)16-36/h7-15H,1-6H3,(H,40,42,45)/b41-28-. The zero-order valence-corrected chi connectivity index (χ0v) is 25.7. The van der Waals surface area contributed by atoms with Gasteiger partial charge in [0.2, 0.25) is 11.8 Å². The van der Waals surface area contributed by atoms with E-state index < -0.39 is 34.7 Å². The molecule has 0 radical (unpaired) electrons. The van der Waals surface area contributed by atoms with Gasteiger partial charge >= 0.3 is 12.3 Å². The van der Waals surface area contributed by atoms with Gasteiger partial charge in [-0.15, -0.1) is 4.99 Å². The number of nitrogens with zero attached hydrogens (tertiary/aromatic N) is 8. The first-order valence-electron chi connectivity index (χ1n) is 13.9. The molecule has 46 heavy (non-hydrogen) atoms. The summed E-state index contributed by atoms with van der Waals surface area (Å²) < 4.78 is 51.0. The van der Waals surface area contributed by atoms with E-state index in [1.807, 2.05) is 6.19 Å². The minimum Gasteiger partial charge on any atom is -0.444 e. The van der Waals surface area contributed by atoms with Gasteiger partial charge in [0.1, 0.15) is 11.4 Å².